The first-order chi connectivity index (χ1) is 13.2. The highest BCUT2D eigenvalue weighted by Crippen LogP contribution is 2.49. The number of benzene rings is 2. The third kappa shape index (κ3) is 5.56. The molecule has 1 amide bonds. The Kier molecular flexibility index (Phi) is 6.43. The molecule has 2 unspecified atom stereocenters. The van der Waals surface area contributed by atoms with Crippen molar-refractivity contribution in [2.75, 3.05) is 0 Å². The summed E-state index contributed by atoms with van der Waals surface area (Å²) >= 11 is 6.21. The lowest BCUT2D eigenvalue weighted by molar-refractivity contribution is -0.122. The van der Waals surface area contributed by atoms with Crippen molar-refractivity contribution in [2.45, 2.75) is 44.5 Å². The lowest BCUT2D eigenvalue weighted by Gasteiger charge is -2.10. The standard InChI is InChI=1S/C21H25ClN2O3S/c1-14(2)24-28(26,27)13-16-9-7-15(8-10-16)12-23-21(25)19-11-18(19)17-5-3-4-6-20(17)22/h3-10,14,18-19,24H,11-13H2,1-2H3,(H,23,25). The quantitative estimate of drug-likeness (QED) is 0.685. The Hall–Kier alpha value is -1.89. The van der Waals surface area contributed by atoms with Crippen LogP contribution >= 0.6 is 11.6 Å². The van der Waals surface area contributed by atoms with Crippen LogP contribution in [0.15, 0.2) is 48.5 Å². The van der Waals surface area contributed by atoms with E-state index < -0.39 is 10.0 Å². The largest absolute Gasteiger partial charge is 0.352 e. The minimum absolute atomic E-state index is 0.0257. The molecule has 0 radical (unpaired) electrons. The Bertz CT molecular complexity index is 942. The Morgan fingerprint density at radius 1 is 1.11 bits per heavy atom. The number of carbonyl (C=O) groups is 1. The van der Waals surface area contributed by atoms with Crippen molar-refractivity contribution in [2.24, 2.45) is 5.92 Å². The van der Waals surface area contributed by atoms with Crippen LogP contribution in [0.25, 0.3) is 0 Å². The van der Waals surface area contributed by atoms with Crippen LogP contribution in [-0.2, 0) is 27.1 Å². The fourth-order valence-electron chi connectivity index (χ4n) is 3.30. The lowest BCUT2D eigenvalue weighted by atomic mass is 10.1. The predicted molar refractivity (Wildman–Crippen MR) is 111 cm³/mol. The molecule has 1 aliphatic carbocycles. The van der Waals surface area contributed by atoms with Crippen molar-refractivity contribution in [3.8, 4) is 0 Å². The number of rotatable bonds is 8. The molecular formula is C21H25ClN2O3S. The average molecular weight is 421 g/mol. The van der Waals surface area contributed by atoms with Gasteiger partial charge < -0.3 is 5.32 Å². The highest BCUT2D eigenvalue weighted by molar-refractivity contribution is 7.88. The number of amides is 1. The summed E-state index contributed by atoms with van der Waals surface area (Å²) in [7, 11) is -3.34. The molecule has 1 aliphatic rings. The van der Waals surface area contributed by atoms with Gasteiger partial charge in [0, 0.05) is 23.5 Å². The topological polar surface area (TPSA) is 75.3 Å². The van der Waals surface area contributed by atoms with Crippen molar-refractivity contribution in [3.63, 3.8) is 0 Å². The van der Waals surface area contributed by atoms with Crippen LogP contribution in [0.5, 0.6) is 0 Å². The fraction of sp³-hybridized carbons (Fsp3) is 0.381. The zero-order chi connectivity index (χ0) is 20.3. The number of carbonyl (C=O) groups excluding carboxylic acids is 1. The van der Waals surface area contributed by atoms with Crippen LogP contribution in [0.4, 0.5) is 0 Å². The monoisotopic (exact) mass is 420 g/mol. The minimum Gasteiger partial charge on any atom is -0.352 e. The Morgan fingerprint density at radius 3 is 2.39 bits per heavy atom. The van der Waals surface area contributed by atoms with Crippen LogP contribution in [-0.4, -0.2) is 20.4 Å². The summed E-state index contributed by atoms with van der Waals surface area (Å²) < 4.78 is 26.5. The zero-order valence-corrected chi connectivity index (χ0v) is 17.6. The van der Waals surface area contributed by atoms with Gasteiger partial charge in [0.25, 0.3) is 0 Å². The molecular weight excluding hydrogens is 396 g/mol. The summed E-state index contributed by atoms with van der Waals surface area (Å²) in [5, 5.41) is 3.67. The molecule has 5 nitrogen and oxygen atoms in total. The van der Waals surface area contributed by atoms with Gasteiger partial charge >= 0.3 is 0 Å². The van der Waals surface area contributed by atoms with Gasteiger partial charge in [-0.2, -0.15) is 0 Å². The van der Waals surface area contributed by atoms with E-state index in [2.05, 4.69) is 10.0 Å². The van der Waals surface area contributed by atoms with Crippen LogP contribution in [0.2, 0.25) is 5.02 Å². The van der Waals surface area contributed by atoms with E-state index in [1.165, 1.54) is 0 Å². The molecule has 0 heterocycles. The maximum absolute atomic E-state index is 12.4. The average Bonchev–Trinajstić information content (AvgIpc) is 3.40. The van der Waals surface area contributed by atoms with Crippen molar-refractivity contribution in [1.82, 2.24) is 10.0 Å². The van der Waals surface area contributed by atoms with Crippen LogP contribution in [0.3, 0.4) is 0 Å². The normalized spacial score (nSPS) is 18.9. The number of halogens is 1. The summed E-state index contributed by atoms with van der Waals surface area (Å²) in [5.41, 5.74) is 2.68. The van der Waals surface area contributed by atoms with Gasteiger partial charge in [-0.05, 0) is 48.9 Å². The van der Waals surface area contributed by atoms with E-state index in [1.54, 1.807) is 26.0 Å². The molecule has 2 aromatic carbocycles. The van der Waals surface area contributed by atoms with Crippen molar-refractivity contribution in [1.29, 1.82) is 0 Å². The first-order valence-electron chi connectivity index (χ1n) is 9.35. The van der Waals surface area contributed by atoms with Gasteiger partial charge in [0.15, 0.2) is 0 Å². The minimum atomic E-state index is -3.34. The van der Waals surface area contributed by atoms with E-state index in [-0.39, 0.29) is 29.5 Å². The van der Waals surface area contributed by atoms with Crippen molar-refractivity contribution in [3.05, 3.63) is 70.2 Å². The highest BCUT2D eigenvalue weighted by Gasteiger charge is 2.44. The van der Waals surface area contributed by atoms with Crippen LogP contribution in [0, 0.1) is 5.92 Å². The molecule has 0 aliphatic heterocycles. The van der Waals surface area contributed by atoms with E-state index in [9.17, 15) is 13.2 Å². The van der Waals surface area contributed by atoms with Crippen LogP contribution < -0.4 is 10.0 Å². The maximum atomic E-state index is 12.4. The Balaban J connectivity index is 1.50. The molecule has 0 bridgehead atoms. The van der Waals surface area contributed by atoms with Gasteiger partial charge in [-0.15, -0.1) is 0 Å². The van der Waals surface area contributed by atoms with Gasteiger partial charge in [0.2, 0.25) is 15.9 Å². The van der Waals surface area contributed by atoms with E-state index in [0.29, 0.717) is 17.1 Å². The number of hydrogen-bond donors (Lipinski definition) is 2. The number of hydrogen-bond acceptors (Lipinski definition) is 3. The first-order valence-corrected chi connectivity index (χ1v) is 11.4. The number of sulfonamides is 1. The SMILES string of the molecule is CC(C)NS(=O)(=O)Cc1ccc(CNC(=O)C2CC2c2ccccc2Cl)cc1. The van der Waals surface area contributed by atoms with Gasteiger partial charge in [-0.3, -0.25) is 4.79 Å². The molecule has 2 aromatic rings. The van der Waals surface area contributed by atoms with Gasteiger partial charge in [-0.1, -0.05) is 54.1 Å². The molecule has 0 aromatic heterocycles. The van der Waals surface area contributed by atoms with Gasteiger partial charge in [-0.25, -0.2) is 13.1 Å². The molecule has 150 valence electrons. The summed E-state index contributed by atoms with van der Waals surface area (Å²) in [6.45, 7) is 4.00. The Labute approximate surface area is 171 Å². The van der Waals surface area contributed by atoms with Crippen LogP contribution in [0.1, 0.15) is 42.9 Å². The van der Waals surface area contributed by atoms with Crippen molar-refractivity contribution >= 4 is 27.5 Å². The van der Waals surface area contributed by atoms with E-state index in [1.807, 2.05) is 36.4 Å². The third-order valence-corrected chi connectivity index (χ3v) is 6.58. The first kappa shape index (κ1) is 20.8. The molecule has 3 rings (SSSR count). The third-order valence-electron chi connectivity index (χ3n) is 4.69. The summed E-state index contributed by atoms with van der Waals surface area (Å²) in [4.78, 5) is 12.4. The molecule has 0 spiro atoms. The summed E-state index contributed by atoms with van der Waals surface area (Å²) in [5.74, 6) is 0.123. The molecule has 0 saturated heterocycles. The molecule has 1 saturated carbocycles. The predicted octanol–water partition coefficient (Wildman–Crippen LogP) is 3.59. The summed E-state index contributed by atoms with van der Waals surface area (Å²) in [6.07, 6.45) is 0.815. The lowest BCUT2D eigenvalue weighted by Crippen LogP contribution is -2.31. The summed E-state index contributed by atoms with van der Waals surface area (Å²) in [6, 6.07) is 14.8. The van der Waals surface area contributed by atoms with E-state index in [4.69, 9.17) is 11.6 Å². The second kappa shape index (κ2) is 8.64. The molecule has 2 N–H and O–H groups in total. The number of nitrogens with one attached hydrogen (secondary N) is 2. The second-order valence-corrected chi connectivity index (χ2v) is 9.70. The molecule has 2 atom stereocenters. The maximum Gasteiger partial charge on any atom is 0.224 e. The molecule has 1 fully saturated rings. The van der Waals surface area contributed by atoms with E-state index in [0.717, 1.165) is 17.5 Å². The molecule has 7 heteroatoms. The van der Waals surface area contributed by atoms with Crippen molar-refractivity contribution < 1.29 is 13.2 Å². The van der Waals surface area contributed by atoms with Gasteiger partial charge in [0.1, 0.15) is 0 Å². The second-order valence-electron chi connectivity index (χ2n) is 7.54. The Morgan fingerprint density at radius 2 is 1.75 bits per heavy atom. The molecule has 28 heavy (non-hydrogen) atoms. The highest BCUT2D eigenvalue weighted by atomic mass is 35.5. The smallest absolute Gasteiger partial charge is 0.224 e. The van der Waals surface area contributed by atoms with E-state index >= 15 is 0 Å². The van der Waals surface area contributed by atoms with Gasteiger partial charge in [0.05, 0.1) is 5.75 Å². The fourth-order valence-corrected chi connectivity index (χ4v) is 5.01. The zero-order valence-electron chi connectivity index (χ0n) is 16.0.